The van der Waals surface area contributed by atoms with Crippen LogP contribution in [0.3, 0.4) is 0 Å². The van der Waals surface area contributed by atoms with Gasteiger partial charge in [-0.3, -0.25) is 14.7 Å². The number of hydrogen-bond donors (Lipinski definition) is 0. The van der Waals surface area contributed by atoms with E-state index in [9.17, 15) is 9.18 Å². The smallest absolute Gasteiger partial charge is 0.318 e. The van der Waals surface area contributed by atoms with Crippen LogP contribution in [0.15, 0.2) is 53.2 Å². The van der Waals surface area contributed by atoms with Crippen LogP contribution in [0, 0.1) is 5.82 Å². The molecule has 3 aliphatic heterocycles. The lowest BCUT2D eigenvalue weighted by atomic mass is 9.85. The van der Waals surface area contributed by atoms with E-state index in [0.717, 1.165) is 31.2 Å². The molecule has 9 rings (SSSR count). The Labute approximate surface area is 324 Å². The first-order valence-corrected chi connectivity index (χ1v) is 19.6. The molecular weight excluding hydrogens is 726 g/mol. The number of carbonyl (C=O) groups is 1. The van der Waals surface area contributed by atoms with Crippen LogP contribution in [0.5, 0.6) is 6.01 Å². The van der Waals surface area contributed by atoms with E-state index in [0.29, 0.717) is 76.9 Å². The van der Waals surface area contributed by atoms with E-state index in [1.165, 1.54) is 32.4 Å². The number of fused-ring (bicyclic) bond motifs is 3. The molecule has 0 bridgehead atoms. The average Bonchev–Trinajstić information content (AvgIpc) is 4.00. The number of amides is 1. The summed E-state index contributed by atoms with van der Waals surface area (Å²) in [4.78, 5) is 36.8. The fourth-order valence-electron chi connectivity index (χ4n) is 7.92. The lowest BCUT2D eigenvalue weighted by molar-refractivity contribution is -0.124. The molecule has 1 aliphatic carbocycles. The van der Waals surface area contributed by atoms with Gasteiger partial charge in [0.15, 0.2) is 11.6 Å². The molecule has 290 valence electrons. The van der Waals surface area contributed by atoms with Gasteiger partial charge >= 0.3 is 6.01 Å². The topological polar surface area (TPSA) is 114 Å². The Kier molecular flexibility index (Phi) is 11.9. The summed E-state index contributed by atoms with van der Waals surface area (Å²) in [6, 6.07) is 11.7. The third kappa shape index (κ3) is 8.00. The minimum atomic E-state index is -0.597. The molecule has 14 heteroatoms. The molecule has 0 spiro atoms. The van der Waals surface area contributed by atoms with Crippen LogP contribution in [0.2, 0.25) is 5.02 Å². The number of carbonyl (C=O) groups excluding carboxylic acids is 1. The van der Waals surface area contributed by atoms with Crippen molar-refractivity contribution in [3.63, 3.8) is 0 Å². The number of hydrogen-bond acceptors (Lipinski definition) is 10. The Morgan fingerprint density at radius 2 is 1.84 bits per heavy atom. The molecule has 5 aromatic rings. The number of alkyl halides is 1. The van der Waals surface area contributed by atoms with Crippen molar-refractivity contribution in [3.05, 3.63) is 71.2 Å². The van der Waals surface area contributed by atoms with Crippen LogP contribution in [-0.2, 0) is 4.79 Å². The number of rotatable bonds is 7. The van der Waals surface area contributed by atoms with Crippen LogP contribution in [0.4, 0.5) is 14.6 Å². The summed E-state index contributed by atoms with van der Waals surface area (Å²) in [5, 5.41) is 6.57. The molecule has 3 atom stereocenters. The van der Waals surface area contributed by atoms with E-state index in [1.54, 1.807) is 29.3 Å². The van der Waals surface area contributed by atoms with Crippen molar-refractivity contribution in [3.8, 4) is 17.3 Å². The first-order valence-electron chi connectivity index (χ1n) is 19.3. The number of halogens is 3. The average molecular weight is 773 g/mol. The predicted octanol–water partition coefficient (Wildman–Crippen LogP) is 8.27. The van der Waals surface area contributed by atoms with E-state index in [4.69, 9.17) is 20.9 Å². The summed E-state index contributed by atoms with van der Waals surface area (Å²) in [6.07, 6.45) is 11.4. The minimum Gasteiger partial charge on any atom is -0.467 e. The highest BCUT2D eigenvalue weighted by Gasteiger charge is 2.35. The number of likely N-dealkylation sites (N-methyl/N-ethyl adjacent to an activating group) is 1. The van der Waals surface area contributed by atoms with E-state index in [1.807, 2.05) is 50.1 Å². The maximum atomic E-state index is 16.3. The highest BCUT2D eigenvalue weighted by Crippen LogP contribution is 2.38. The second kappa shape index (κ2) is 16.9. The van der Waals surface area contributed by atoms with Gasteiger partial charge in [0.2, 0.25) is 5.91 Å². The van der Waals surface area contributed by atoms with Gasteiger partial charge in [-0.1, -0.05) is 67.4 Å². The van der Waals surface area contributed by atoms with Gasteiger partial charge in [0.05, 0.1) is 12.5 Å². The standard InChI is InChI=1S/C32H29ClFN7O3.C7H12FN.C2H6/c1-40(20-14-15-41(17-20)25(42)13-12-24-36-30(39-44-24)19-8-3-9-19)31-22-16-35-28(27(34)29(22)37-32(38-31)43-2)21-10-4-6-18-7-5-11-23(33)26(18)21;8-6-4-7-2-1-3-9(7)5-6;1-2/h4-7,10-13,16,19-20H,3,8-9,14-15,17H2,1-2H3;6-7H,1-5H2;1-2H3/b13-12+;;. The van der Waals surface area contributed by atoms with Crippen LogP contribution in [-0.4, -0.2) is 99.4 Å². The maximum Gasteiger partial charge on any atom is 0.318 e. The van der Waals surface area contributed by atoms with Crippen molar-refractivity contribution in [1.29, 1.82) is 0 Å². The molecular formula is C41H47ClF2N8O3. The van der Waals surface area contributed by atoms with E-state index >= 15 is 4.39 Å². The van der Waals surface area contributed by atoms with Crippen LogP contribution in [0.1, 0.15) is 76.4 Å². The zero-order chi connectivity index (χ0) is 38.6. The van der Waals surface area contributed by atoms with Crippen molar-refractivity contribution in [1.82, 2.24) is 34.9 Å². The van der Waals surface area contributed by atoms with Crippen LogP contribution >= 0.6 is 11.6 Å². The number of aromatic nitrogens is 5. The monoisotopic (exact) mass is 772 g/mol. The van der Waals surface area contributed by atoms with E-state index in [2.05, 4.69) is 30.0 Å². The number of anilines is 1. The number of likely N-dealkylation sites (tertiary alicyclic amines) is 1. The number of benzene rings is 2. The van der Waals surface area contributed by atoms with Gasteiger partial charge < -0.3 is 19.1 Å². The normalized spacial score (nSPS) is 20.9. The van der Waals surface area contributed by atoms with Crippen molar-refractivity contribution in [2.75, 3.05) is 45.2 Å². The quantitative estimate of drug-likeness (QED) is 0.150. The van der Waals surface area contributed by atoms with Gasteiger partial charge in [-0.2, -0.15) is 15.0 Å². The Hall–Kier alpha value is -4.75. The Bertz CT molecular complexity index is 2160. The summed E-state index contributed by atoms with van der Waals surface area (Å²) in [5.74, 6) is 1.10. The molecule has 0 N–H and O–H groups in total. The fourth-order valence-corrected chi connectivity index (χ4v) is 8.20. The molecule has 3 unspecified atom stereocenters. The molecule has 2 aromatic carbocycles. The van der Waals surface area contributed by atoms with Crippen LogP contribution in [0.25, 0.3) is 39.0 Å². The molecule has 6 heterocycles. The second-order valence-electron chi connectivity index (χ2n) is 14.3. The number of methoxy groups -OCH3 is 1. The third-order valence-electron chi connectivity index (χ3n) is 11.0. The number of pyridine rings is 1. The third-order valence-corrected chi connectivity index (χ3v) is 11.4. The van der Waals surface area contributed by atoms with Crippen molar-refractivity contribution in [2.24, 2.45) is 0 Å². The van der Waals surface area contributed by atoms with Gasteiger partial charge in [0.1, 0.15) is 23.2 Å². The first-order chi connectivity index (χ1) is 26.8. The fraction of sp³-hybridized carbons (Fsp3) is 0.463. The molecule has 55 heavy (non-hydrogen) atoms. The number of nitrogens with zero attached hydrogens (tertiary/aromatic N) is 8. The Balaban J connectivity index is 0.000000365. The van der Waals surface area contributed by atoms with Gasteiger partial charge in [-0.05, 0) is 56.5 Å². The largest absolute Gasteiger partial charge is 0.467 e. The molecule has 0 radical (unpaired) electrons. The SMILES string of the molecule is CC.COc1nc(N(C)C2CCN(C(=O)/C=C/c3nc(C4CCC4)no3)C2)c2cnc(-c3cccc4cccc(Cl)c34)c(F)c2n1.FC1CC2CCCN2C1. The van der Waals surface area contributed by atoms with Crippen molar-refractivity contribution >= 4 is 51.1 Å². The highest BCUT2D eigenvalue weighted by molar-refractivity contribution is 6.36. The molecule has 4 fully saturated rings. The molecule has 1 amide bonds. The van der Waals surface area contributed by atoms with Gasteiger partial charge in [0, 0.05) is 79.0 Å². The van der Waals surface area contributed by atoms with E-state index in [-0.39, 0.29) is 29.2 Å². The van der Waals surface area contributed by atoms with Crippen molar-refractivity contribution in [2.45, 2.75) is 83.0 Å². The second-order valence-corrected chi connectivity index (χ2v) is 14.7. The first kappa shape index (κ1) is 38.5. The zero-order valence-electron chi connectivity index (χ0n) is 31.7. The Morgan fingerprint density at radius 3 is 2.58 bits per heavy atom. The Morgan fingerprint density at radius 1 is 1.04 bits per heavy atom. The van der Waals surface area contributed by atoms with Gasteiger partial charge in [0.25, 0.3) is 5.89 Å². The molecule has 11 nitrogen and oxygen atoms in total. The summed E-state index contributed by atoms with van der Waals surface area (Å²) in [5.41, 5.74) is 0.788. The van der Waals surface area contributed by atoms with Crippen molar-refractivity contribution < 1.29 is 22.8 Å². The highest BCUT2D eigenvalue weighted by atomic mass is 35.5. The molecule has 4 aliphatic rings. The minimum absolute atomic E-state index is 0.0287. The van der Waals surface area contributed by atoms with Gasteiger partial charge in [-0.25, -0.2) is 8.78 Å². The summed E-state index contributed by atoms with van der Waals surface area (Å²) in [7, 11) is 3.31. The summed E-state index contributed by atoms with van der Waals surface area (Å²) >= 11 is 6.53. The lowest BCUT2D eigenvalue weighted by Gasteiger charge is -2.27. The summed E-state index contributed by atoms with van der Waals surface area (Å²) < 4.78 is 39.5. The zero-order valence-corrected chi connectivity index (χ0v) is 32.5. The molecule has 1 saturated carbocycles. The predicted molar refractivity (Wildman–Crippen MR) is 211 cm³/mol. The summed E-state index contributed by atoms with van der Waals surface area (Å²) in [6.45, 7) is 6.86. The maximum absolute atomic E-state index is 16.3. The van der Waals surface area contributed by atoms with E-state index < -0.39 is 12.0 Å². The molecule has 3 saturated heterocycles. The van der Waals surface area contributed by atoms with Gasteiger partial charge in [-0.15, -0.1) is 0 Å². The lowest BCUT2D eigenvalue weighted by Crippen LogP contribution is -2.36. The number of ether oxygens (including phenoxy) is 1. The molecule has 3 aromatic heterocycles. The van der Waals surface area contributed by atoms with Crippen LogP contribution < -0.4 is 9.64 Å².